The summed E-state index contributed by atoms with van der Waals surface area (Å²) in [6.07, 6.45) is 0. The van der Waals surface area contributed by atoms with E-state index in [-0.39, 0.29) is 5.91 Å². The molecule has 0 aliphatic carbocycles. The van der Waals surface area contributed by atoms with Crippen LogP contribution in [0.3, 0.4) is 0 Å². The molecular formula is C16H19N3O. The molecule has 5 N–H and O–H groups in total. The van der Waals surface area contributed by atoms with Gasteiger partial charge in [-0.15, -0.1) is 0 Å². The summed E-state index contributed by atoms with van der Waals surface area (Å²) in [7, 11) is 0. The highest BCUT2D eigenvalue weighted by Gasteiger charge is 2.11. The Kier molecular flexibility index (Phi) is 3.66. The Morgan fingerprint density at radius 2 is 1.40 bits per heavy atom. The number of amides is 1. The maximum atomic E-state index is 12.3. The summed E-state index contributed by atoms with van der Waals surface area (Å²) in [4.78, 5) is 12.3. The third kappa shape index (κ3) is 2.91. The third-order valence-electron chi connectivity index (χ3n) is 3.16. The van der Waals surface area contributed by atoms with Gasteiger partial charge in [-0.3, -0.25) is 4.79 Å². The molecule has 2 aromatic carbocycles. The monoisotopic (exact) mass is 269 g/mol. The zero-order valence-electron chi connectivity index (χ0n) is 11.9. The second-order valence-electron chi connectivity index (χ2n) is 5.12. The molecule has 0 fully saturated rings. The van der Waals surface area contributed by atoms with Crippen LogP contribution in [0.25, 0.3) is 0 Å². The molecule has 0 unspecified atom stereocenters. The van der Waals surface area contributed by atoms with Gasteiger partial charge in [0.1, 0.15) is 0 Å². The molecule has 104 valence electrons. The van der Waals surface area contributed by atoms with Crippen molar-refractivity contribution in [3.63, 3.8) is 0 Å². The van der Waals surface area contributed by atoms with Crippen LogP contribution < -0.4 is 16.8 Å². The maximum Gasteiger partial charge on any atom is 0.255 e. The Morgan fingerprint density at radius 3 is 1.90 bits per heavy atom. The van der Waals surface area contributed by atoms with Gasteiger partial charge in [-0.25, -0.2) is 0 Å². The van der Waals surface area contributed by atoms with Crippen LogP contribution in [0.15, 0.2) is 30.3 Å². The fourth-order valence-electron chi connectivity index (χ4n) is 2.37. The first-order valence-electron chi connectivity index (χ1n) is 6.42. The molecule has 1 amide bonds. The number of hydrogen-bond donors (Lipinski definition) is 3. The van der Waals surface area contributed by atoms with E-state index in [4.69, 9.17) is 11.5 Å². The molecule has 0 atom stereocenters. The van der Waals surface area contributed by atoms with Gasteiger partial charge in [0.2, 0.25) is 0 Å². The van der Waals surface area contributed by atoms with Gasteiger partial charge in [0.15, 0.2) is 0 Å². The maximum absolute atomic E-state index is 12.3. The topological polar surface area (TPSA) is 81.1 Å². The van der Waals surface area contributed by atoms with Crippen LogP contribution in [-0.2, 0) is 0 Å². The van der Waals surface area contributed by atoms with Crippen LogP contribution in [0.1, 0.15) is 27.0 Å². The second-order valence-corrected chi connectivity index (χ2v) is 5.12. The Labute approximate surface area is 118 Å². The Balaban J connectivity index is 2.32. The van der Waals surface area contributed by atoms with Crippen LogP contribution >= 0.6 is 0 Å². The summed E-state index contributed by atoms with van der Waals surface area (Å²) in [6.45, 7) is 5.98. The van der Waals surface area contributed by atoms with Gasteiger partial charge < -0.3 is 16.8 Å². The number of nitrogen functional groups attached to an aromatic ring is 2. The first-order valence-corrected chi connectivity index (χ1v) is 6.42. The van der Waals surface area contributed by atoms with Crippen LogP contribution in [0.2, 0.25) is 0 Å². The minimum atomic E-state index is -0.209. The van der Waals surface area contributed by atoms with Crippen molar-refractivity contribution in [2.24, 2.45) is 0 Å². The second kappa shape index (κ2) is 5.25. The van der Waals surface area contributed by atoms with E-state index in [2.05, 4.69) is 5.32 Å². The number of nitrogens with one attached hydrogen (secondary N) is 1. The number of carbonyl (C=O) groups excluding carboxylic acids is 1. The average Bonchev–Trinajstić information content (AvgIpc) is 2.32. The van der Waals surface area contributed by atoms with Crippen molar-refractivity contribution in [3.8, 4) is 0 Å². The molecule has 0 aliphatic rings. The zero-order valence-corrected chi connectivity index (χ0v) is 11.9. The SMILES string of the molecule is Cc1cc(C)c(NC(=O)c2cc(N)cc(N)c2)c(C)c1. The highest BCUT2D eigenvalue weighted by atomic mass is 16.1. The van der Waals surface area contributed by atoms with E-state index in [1.54, 1.807) is 18.2 Å². The lowest BCUT2D eigenvalue weighted by molar-refractivity contribution is 0.102. The van der Waals surface area contributed by atoms with Gasteiger partial charge in [-0.05, 0) is 50.1 Å². The number of benzene rings is 2. The van der Waals surface area contributed by atoms with E-state index >= 15 is 0 Å². The fraction of sp³-hybridized carbons (Fsp3) is 0.188. The summed E-state index contributed by atoms with van der Waals surface area (Å²) in [6, 6.07) is 8.93. The molecule has 0 saturated heterocycles. The number of nitrogens with two attached hydrogens (primary N) is 2. The lowest BCUT2D eigenvalue weighted by Crippen LogP contribution is -2.14. The van der Waals surface area contributed by atoms with Crippen LogP contribution in [0.4, 0.5) is 17.1 Å². The van der Waals surface area contributed by atoms with Crippen molar-refractivity contribution in [1.29, 1.82) is 0 Å². The lowest BCUT2D eigenvalue weighted by Gasteiger charge is -2.13. The normalized spacial score (nSPS) is 10.3. The average molecular weight is 269 g/mol. The van der Waals surface area contributed by atoms with Crippen LogP contribution in [0, 0.1) is 20.8 Å². The number of anilines is 3. The zero-order chi connectivity index (χ0) is 14.9. The largest absolute Gasteiger partial charge is 0.399 e. The van der Waals surface area contributed by atoms with E-state index in [9.17, 15) is 4.79 Å². The van der Waals surface area contributed by atoms with Gasteiger partial charge in [0, 0.05) is 22.6 Å². The first kappa shape index (κ1) is 13.9. The number of hydrogen-bond acceptors (Lipinski definition) is 3. The van der Waals surface area contributed by atoms with Crippen LogP contribution in [0.5, 0.6) is 0 Å². The van der Waals surface area contributed by atoms with E-state index < -0.39 is 0 Å². The summed E-state index contributed by atoms with van der Waals surface area (Å²) >= 11 is 0. The lowest BCUT2D eigenvalue weighted by atomic mass is 10.0. The summed E-state index contributed by atoms with van der Waals surface area (Å²) in [5, 5.41) is 2.93. The van der Waals surface area contributed by atoms with Crippen molar-refractivity contribution in [3.05, 3.63) is 52.6 Å². The molecule has 2 rings (SSSR count). The van der Waals surface area contributed by atoms with Crippen molar-refractivity contribution in [2.75, 3.05) is 16.8 Å². The minimum absolute atomic E-state index is 0.209. The molecule has 0 aromatic heterocycles. The number of carbonyl (C=O) groups is 1. The highest BCUT2D eigenvalue weighted by Crippen LogP contribution is 2.23. The molecule has 0 saturated carbocycles. The Bertz CT molecular complexity index is 634. The van der Waals surface area contributed by atoms with E-state index in [0.717, 1.165) is 16.8 Å². The standard InChI is InChI=1S/C16H19N3O/c1-9-4-10(2)15(11(3)5-9)19-16(20)12-6-13(17)8-14(18)7-12/h4-8H,17-18H2,1-3H3,(H,19,20). The molecule has 4 heteroatoms. The molecule has 0 heterocycles. The van der Waals surface area contributed by atoms with E-state index in [1.165, 1.54) is 5.56 Å². The van der Waals surface area contributed by atoms with Crippen LogP contribution in [-0.4, -0.2) is 5.91 Å². The quantitative estimate of drug-likeness (QED) is 0.733. The molecule has 0 aliphatic heterocycles. The Hall–Kier alpha value is -2.49. The number of rotatable bonds is 2. The van der Waals surface area contributed by atoms with Gasteiger partial charge in [0.05, 0.1) is 0 Å². The molecule has 0 spiro atoms. The summed E-state index contributed by atoms with van der Waals surface area (Å²) < 4.78 is 0. The molecule has 4 nitrogen and oxygen atoms in total. The fourth-order valence-corrected chi connectivity index (χ4v) is 2.37. The minimum Gasteiger partial charge on any atom is -0.399 e. The van der Waals surface area contributed by atoms with Crippen molar-refractivity contribution >= 4 is 23.0 Å². The van der Waals surface area contributed by atoms with E-state index in [0.29, 0.717) is 16.9 Å². The van der Waals surface area contributed by atoms with E-state index in [1.807, 2.05) is 32.9 Å². The molecular weight excluding hydrogens is 250 g/mol. The summed E-state index contributed by atoms with van der Waals surface area (Å²) in [5.41, 5.74) is 16.9. The van der Waals surface area contributed by atoms with Gasteiger partial charge in [-0.2, -0.15) is 0 Å². The van der Waals surface area contributed by atoms with Gasteiger partial charge >= 0.3 is 0 Å². The predicted molar refractivity (Wildman–Crippen MR) is 83.9 cm³/mol. The third-order valence-corrected chi connectivity index (χ3v) is 3.16. The molecule has 0 radical (unpaired) electrons. The van der Waals surface area contributed by atoms with Crippen molar-refractivity contribution in [2.45, 2.75) is 20.8 Å². The Morgan fingerprint density at radius 1 is 0.900 bits per heavy atom. The first-order chi connectivity index (χ1) is 9.36. The molecule has 0 bridgehead atoms. The summed E-state index contributed by atoms with van der Waals surface area (Å²) in [5.74, 6) is -0.209. The molecule has 2 aromatic rings. The van der Waals surface area contributed by atoms with Gasteiger partial charge in [0.25, 0.3) is 5.91 Å². The number of aryl methyl sites for hydroxylation is 3. The predicted octanol–water partition coefficient (Wildman–Crippen LogP) is 3.03. The van der Waals surface area contributed by atoms with Crippen molar-refractivity contribution < 1.29 is 4.79 Å². The van der Waals surface area contributed by atoms with Crippen molar-refractivity contribution in [1.82, 2.24) is 0 Å². The molecule has 20 heavy (non-hydrogen) atoms. The van der Waals surface area contributed by atoms with Gasteiger partial charge in [-0.1, -0.05) is 17.7 Å². The highest BCUT2D eigenvalue weighted by molar-refractivity contribution is 6.06. The smallest absolute Gasteiger partial charge is 0.255 e.